The van der Waals surface area contributed by atoms with Crippen LogP contribution < -0.4 is 5.32 Å². The summed E-state index contributed by atoms with van der Waals surface area (Å²) in [6.07, 6.45) is 6.66. The van der Waals surface area contributed by atoms with Gasteiger partial charge in [0.15, 0.2) is 0 Å². The largest absolute Gasteiger partial charge is 0.392 e. The van der Waals surface area contributed by atoms with Crippen LogP contribution in [0.1, 0.15) is 36.8 Å². The van der Waals surface area contributed by atoms with Gasteiger partial charge >= 0.3 is 0 Å². The Bertz CT molecular complexity index is 365. The molecule has 0 spiro atoms. The molecule has 1 aromatic carbocycles. The number of nitrogens with one attached hydrogen (secondary N) is 1. The first-order chi connectivity index (χ1) is 8.33. The fourth-order valence-corrected chi connectivity index (χ4v) is 3.29. The first kappa shape index (κ1) is 11.2. The molecule has 2 atom stereocenters. The van der Waals surface area contributed by atoms with Crippen LogP contribution >= 0.6 is 0 Å². The summed E-state index contributed by atoms with van der Waals surface area (Å²) in [4.78, 5) is 0. The third kappa shape index (κ3) is 2.38. The quantitative estimate of drug-likeness (QED) is 0.816. The van der Waals surface area contributed by atoms with Crippen molar-refractivity contribution in [2.24, 2.45) is 0 Å². The van der Waals surface area contributed by atoms with Crippen LogP contribution in [0.15, 0.2) is 24.3 Å². The lowest BCUT2D eigenvalue weighted by molar-refractivity contribution is 0.0854. The lowest BCUT2D eigenvalue weighted by Gasteiger charge is -2.31. The number of hydrogen-bond donors (Lipinski definition) is 2. The minimum Gasteiger partial charge on any atom is -0.392 e. The molecule has 0 radical (unpaired) electrons. The van der Waals surface area contributed by atoms with E-state index >= 15 is 0 Å². The molecule has 2 N–H and O–H groups in total. The molecule has 0 aliphatic heterocycles. The molecule has 0 amide bonds. The summed E-state index contributed by atoms with van der Waals surface area (Å²) >= 11 is 0. The van der Waals surface area contributed by atoms with E-state index in [0.717, 1.165) is 25.7 Å². The fourth-order valence-electron chi connectivity index (χ4n) is 3.29. The van der Waals surface area contributed by atoms with Crippen LogP contribution in [0.3, 0.4) is 0 Å². The molecule has 1 fully saturated rings. The monoisotopic (exact) mass is 231 g/mol. The molecule has 0 unspecified atom stereocenters. The molecule has 2 aliphatic rings. The van der Waals surface area contributed by atoms with Crippen LogP contribution in [0.25, 0.3) is 0 Å². The Labute approximate surface area is 103 Å². The molecule has 0 heterocycles. The minimum absolute atomic E-state index is 0.132. The maximum absolute atomic E-state index is 9.98. The van der Waals surface area contributed by atoms with E-state index in [1.165, 1.54) is 24.0 Å². The van der Waals surface area contributed by atoms with E-state index in [9.17, 15) is 5.11 Å². The molecule has 92 valence electrons. The second-order valence-electron chi connectivity index (χ2n) is 5.50. The lowest BCUT2D eigenvalue weighted by Crippen LogP contribution is -2.47. The summed E-state index contributed by atoms with van der Waals surface area (Å²) < 4.78 is 0. The van der Waals surface area contributed by atoms with Crippen LogP contribution in [-0.4, -0.2) is 23.3 Å². The van der Waals surface area contributed by atoms with Crippen LogP contribution in [0.4, 0.5) is 0 Å². The van der Waals surface area contributed by atoms with Crippen molar-refractivity contribution >= 4 is 0 Å². The fraction of sp³-hybridized carbons (Fsp3) is 0.600. The topological polar surface area (TPSA) is 32.3 Å². The Hall–Kier alpha value is -0.860. The van der Waals surface area contributed by atoms with Gasteiger partial charge in [0, 0.05) is 12.1 Å². The number of hydrogen-bond acceptors (Lipinski definition) is 2. The van der Waals surface area contributed by atoms with Crippen molar-refractivity contribution < 1.29 is 5.11 Å². The smallest absolute Gasteiger partial charge is 0.0693 e. The Morgan fingerprint density at radius 2 is 1.65 bits per heavy atom. The van der Waals surface area contributed by atoms with Crippen LogP contribution in [0.2, 0.25) is 0 Å². The third-order valence-corrected chi connectivity index (χ3v) is 4.23. The Morgan fingerprint density at radius 3 is 2.29 bits per heavy atom. The number of rotatable bonds is 2. The van der Waals surface area contributed by atoms with Gasteiger partial charge in [0.25, 0.3) is 0 Å². The van der Waals surface area contributed by atoms with Crippen molar-refractivity contribution in [2.45, 2.75) is 56.7 Å². The standard InChI is InChI=1S/C15H21NO/c17-15-8-4-3-7-14(15)16-13-9-11-5-1-2-6-12(11)10-13/h1-2,5-6,13-17H,3-4,7-10H2/t14-,15-/m0/s1. The average Bonchev–Trinajstić information content (AvgIpc) is 2.74. The van der Waals surface area contributed by atoms with Crippen molar-refractivity contribution in [3.63, 3.8) is 0 Å². The second-order valence-corrected chi connectivity index (χ2v) is 5.50. The summed E-state index contributed by atoms with van der Waals surface area (Å²) in [5.74, 6) is 0. The van der Waals surface area contributed by atoms with Gasteiger partial charge in [0.1, 0.15) is 0 Å². The van der Waals surface area contributed by atoms with Crippen LogP contribution in [-0.2, 0) is 12.8 Å². The van der Waals surface area contributed by atoms with Crippen molar-refractivity contribution in [3.8, 4) is 0 Å². The van der Waals surface area contributed by atoms with Gasteiger partial charge in [0.05, 0.1) is 6.10 Å². The zero-order chi connectivity index (χ0) is 11.7. The van der Waals surface area contributed by atoms with E-state index in [1.54, 1.807) is 0 Å². The molecule has 0 saturated heterocycles. The maximum Gasteiger partial charge on any atom is 0.0693 e. The normalized spacial score (nSPS) is 29.2. The predicted octanol–water partition coefficient (Wildman–Crippen LogP) is 2.05. The number of aliphatic hydroxyl groups excluding tert-OH is 1. The van der Waals surface area contributed by atoms with Crippen molar-refractivity contribution in [1.29, 1.82) is 0 Å². The Kier molecular flexibility index (Phi) is 3.17. The van der Waals surface area contributed by atoms with E-state index in [-0.39, 0.29) is 6.10 Å². The minimum atomic E-state index is -0.132. The van der Waals surface area contributed by atoms with Gasteiger partial charge in [-0.25, -0.2) is 0 Å². The third-order valence-electron chi connectivity index (χ3n) is 4.23. The van der Waals surface area contributed by atoms with Gasteiger partial charge in [-0.3, -0.25) is 0 Å². The van der Waals surface area contributed by atoms with E-state index in [0.29, 0.717) is 12.1 Å². The highest BCUT2D eigenvalue weighted by molar-refractivity contribution is 5.33. The SMILES string of the molecule is O[C@H]1CCCC[C@@H]1NC1Cc2ccccc2C1. The van der Waals surface area contributed by atoms with Gasteiger partial charge in [-0.05, 0) is 36.8 Å². The summed E-state index contributed by atoms with van der Waals surface area (Å²) in [5.41, 5.74) is 2.96. The Morgan fingerprint density at radius 1 is 1.00 bits per heavy atom. The van der Waals surface area contributed by atoms with E-state index in [2.05, 4.69) is 29.6 Å². The molecule has 1 saturated carbocycles. The molecule has 2 heteroatoms. The maximum atomic E-state index is 9.98. The van der Waals surface area contributed by atoms with Gasteiger partial charge in [-0.1, -0.05) is 37.1 Å². The van der Waals surface area contributed by atoms with Gasteiger partial charge in [-0.2, -0.15) is 0 Å². The molecular weight excluding hydrogens is 210 g/mol. The van der Waals surface area contributed by atoms with Crippen molar-refractivity contribution in [1.82, 2.24) is 5.32 Å². The molecule has 0 aromatic heterocycles. The zero-order valence-corrected chi connectivity index (χ0v) is 10.2. The predicted molar refractivity (Wildman–Crippen MR) is 69.0 cm³/mol. The van der Waals surface area contributed by atoms with E-state index in [1.807, 2.05) is 0 Å². The number of fused-ring (bicyclic) bond motifs is 1. The highest BCUT2D eigenvalue weighted by Crippen LogP contribution is 2.24. The van der Waals surface area contributed by atoms with Gasteiger partial charge < -0.3 is 10.4 Å². The molecule has 2 aliphatic carbocycles. The zero-order valence-electron chi connectivity index (χ0n) is 10.2. The van der Waals surface area contributed by atoms with Gasteiger partial charge in [-0.15, -0.1) is 0 Å². The second kappa shape index (κ2) is 4.79. The summed E-state index contributed by atoms with van der Waals surface area (Å²) in [6.45, 7) is 0. The molecule has 2 nitrogen and oxygen atoms in total. The lowest BCUT2D eigenvalue weighted by atomic mass is 9.92. The molecular formula is C15H21NO. The Balaban J connectivity index is 1.61. The van der Waals surface area contributed by atoms with Crippen LogP contribution in [0, 0.1) is 0 Å². The number of benzene rings is 1. The average molecular weight is 231 g/mol. The molecule has 0 bridgehead atoms. The summed E-state index contributed by atoms with van der Waals surface area (Å²) in [7, 11) is 0. The van der Waals surface area contributed by atoms with Crippen molar-refractivity contribution in [2.75, 3.05) is 0 Å². The van der Waals surface area contributed by atoms with Crippen LogP contribution in [0.5, 0.6) is 0 Å². The molecule has 17 heavy (non-hydrogen) atoms. The van der Waals surface area contributed by atoms with E-state index in [4.69, 9.17) is 0 Å². The highest BCUT2D eigenvalue weighted by Gasteiger charge is 2.28. The first-order valence-corrected chi connectivity index (χ1v) is 6.84. The first-order valence-electron chi connectivity index (χ1n) is 6.84. The van der Waals surface area contributed by atoms with Crippen molar-refractivity contribution in [3.05, 3.63) is 35.4 Å². The summed E-state index contributed by atoms with van der Waals surface area (Å²) in [6, 6.07) is 9.56. The number of aliphatic hydroxyl groups is 1. The highest BCUT2D eigenvalue weighted by atomic mass is 16.3. The van der Waals surface area contributed by atoms with E-state index < -0.39 is 0 Å². The molecule has 3 rings (SSSR count). The summed E-state index contributed by atoms with van der Waals surface area (Å²) in [5, 5.41) is 13.6. The van der Waals surface area contributed by atoms with Gasteiger partial charge in [0.2, 0.25) is 0 Å². The molecule has 1 aromatic rings.